The molecule has 0 unspecified atom stereocenters. The van der Waals surface area contributed by atoms with Gasteiger partial charge in [0.15, 0.2) is 11.5 Å². The van der Waals surface area contributed by atoms with Gasteiger partial charge in [0.2, 0.25) is 0 Å². The van der Waals surface area contributed by atoms with Crippen LogP contribution >= 0.6 is 0 Å². The maximum atomic E-state index is 13.8. The van der Waals surface area contributed by atoms with Crippen LogP contribution in [0.2, 0.25) is 0 Å². The molecule has 8 nitrogen and oxygen atoms in total. The molecule has 0 bridgehead atoms. The van der Waals surface area contributed by atoms with Gasteiger partial charge < -0.3 is 9.64 Å². The van der Waals surface area contributed by atoms with Crippen molar-refractivity contribution in [2.45, 2.75) is 18.8 Å². The Morgan fingerprint density at radius 1 is 1.22 bits per heavy atom. The Hall–Kier alpha value is -3.75. The van der Waals surface area contributed by atoms with Crippen LogP contribution in [-0.2, 0) is 7.05 Å². The zero-order valence-corrected chi connectivity index (χ0v) is 17.9. The zero-order chi connectivity index (χ0) is 22.2. The van der Waals surface area contributed by atoms with Crippen LogP contribution in [0.1, 0.15) is 34.9 Å². The van der Waals surface area contributed by atoms with E-state index in [9.17, 15) is 9.18 Å². The third-order valence-corrected chi connectivity index (χ3v) is 5.85. The number of ether oxygens (including phenoxy) is 1. The largest absolute Gasteiger partial charge is 0.496 e. The third-order valence-electron chi connectivity index (χ3n) is 5.85. The molecule has 0 radical (unpaired) electrons. The molecular weight excluding hydrogens is 411 g/mol. The lowest BCUT2D eigenvalue weighted by molar-refractivity contribution is 0.0704. The van der Waals surface area contributed by atoms with E-state index in [4.69, 9.17) is 9.72 Å². The first-order chi connectivity index (χ1) is 15.5. The monoisotopic (exact) mass is 434 g/mol. The summed E-state index contributed by atoms with van der Waals surface area (Å²) in [4.78, 5) is 19.4. The highest BCUT2D eigenvalue weighted by Crippen LogP contribution is 2.31. The lowest BCUT2D eigenvalue weighted by atomic mass is 9.97. The van der Waals surface area contributed by atoms with Gasteiger partial charge >= 0.3 is 0 Å². The van der Waals surface area contributed by atoms with Crippen molar-refractivity contribution in [3.05, 3.63) is 66.1 Å². The number of amides is 1. The molecule has 4 aromatic rings. The van der Waals surface area contributed by atoms with Crippen LogP contribution in [0.25, 0.3) is 16.8 Å². The van der Waals surface area contributed by atoms with Gasteiger partial charge in [-0.2, -0.15) is 10.2 Å². The molecule has 1 amide bonds. The second-order valence-corrected chi connectivity index (χ2v) is 8.03. The summed E-state index contributed by atoms with van der Waals surface area (Å²) in [5.41, 5.74) is 2.72. The average molecular weight is 434 g/mol. The van der Waals surface area contributed by atoms with Crippen molar-refractivity contribution < 1.29 is 13.9 Å². The zero-order valence-electron chi connectivity index (χ0n) is 17.9. The van der Waals surface area contributed by atoms with Crippen molar-refractivity contribution in [3.8, 4) is 16.9 Å². The molecule has 4 heterocycles. The number of fused-ring (bicyclic) bond motifs is 1. The standard InChI is InChI=1S/C23H23FN6O2/c1-28-12-17(11-25-28)23(31)29-9-3-4-16(13-29)22-26-21-8-5-15(14-30(21)27-22)19-10-18(24)6-7-20(19)32-2/h5-8,10-12,14,16H,3-4,9,13H2,1-2H3/t16-/m0/s1. The van der Waals surface area contributed by atoms with E-state index in [0.29, 0.717) is 41.4 Å². The van der Waals surface area contributed by atoms with Gasteiger partial charge in [0, 0.05) is 49.6 Å². The first kappa shape index (κ1) is 20.2. The molecule has 164 valence electrons. The fourth-order valence-corrected chi connectivity index (χ4v) is 4.22. The molecule has 0 saturated carbocycles. The van der Waals surface area contributed by atoms with Crippen molar-refractivity contribution >= 4 is 11.6 Å². The van der Waals surface area contributed by atoms with Crippen LogP contribution in [0, 0.1) is 5.82 Å². The van der Waals surface area contributed by atoms with Gasteiger partial charge in [-0.1, -0.05) is 0 Å². The Morgan fingerprint density at radius 2 is 2.09 bits per heavy atom. The number of nitrogens with zero attached hydrogens (tertiary/aromatic N) is 6. The predicted octanol–water partition coefficient (Wildman–Crippen LogP) is 3.30. The maximum absolute atomic E-state index is 13.8. The minimum absolute atomic E-state index is 0.0213. The van der Waals surface area contributed by atoms with E-state index in [1.807, 2.05) is 23.2 Å². The van der Waals surface area contributed by atoms with Crippen LogP contribution in [0.3, 0.4) is 0 Å². The van der Waals surface area contributed by atoms with Crippen molar-refractivity contribution in [2.75, 3.05) is 20.2 Å². The molecule has 0 spiro atoms. The highest BCUT2D eigenvalue weighted by Gasteiger charge is 2.28. The quantitative estimate of drug-likeness (QED) is 0.493. The molecule has 3 aromatic heterocycles. The fourth-order valence-electron chi connectivity index (χ4n) is 4.22. The number of methoxy groups -OCH3 is 1. The summed E-state index contributed by atoms with van der Waals surface area (Å²) in [6, 6.07) is 8.16. The number of likely N-dealkylation sites (tertiary alicyclic amines) is 1. The number of hydrogen-bond acceptors (Lipinski definition) is 5. The summed E-state index contributed by atoms with van der Waals surface area (Å²) in [5.74, 6) is 0.990. The molecule has 5 rings (SSSR count). The Kier molecular flexibility index (Phi) is 5.08. The number of aromatic nitrogens is 5. The molecule has 1 aromatic carbocycles. The van der Waals surface area contributed by atoms with Crippen molar-refractivity contribution in [3.63, 3.8) is 0 Å². The molecule has 9 heteroatoms. The number of carbonyl (C=O) groups is 1. The highest BCUT2D eigenvalue weighted by atomic mass is 19.1. The van der Waals surface area contributed by atoms with Crippen LogP contribution < -0.4 is 4.74 Å². The smallest absolute Gasteiger partial charge is 0.257 e. The highest BCUT2D eigenvalue weighted by molar-refractivity contribution is 5.93. The Bertz CT molecular complexity index is 1300. The van der Waals surface area contributed by atoms with Crippen LogP contribution in [0.4, 0.5) is 4.39 Å². The number of halogens is 1. The maximum Gasteiger partial charge on any atom is 0.257 e. The van der Waals surface area contributed by atoms with E-state index in [2.05, 4.69) is 10.2 Å². The first-order valence-electron chi connectivity index (χ1n) is 10.5. The number of hydrogen-bond donors (Lipinski definition) is 0. The first-order valence-corrected chi connectivity index (χ1v) is 10.5. The summed E-state index contributed by atoms with van der Waals surface area (Å²) in [6.45, 7) is 1.27. The molecule has 0 aliphatic carbocycles. The minimum atomic E-state index is -0.333. The topological polar surface area (TPSA) is 77.5 Å². The second kappa shape index (κ2) is 8.07. The van der Waals surface area contributed by atoms with E-state index in [0.717, 1.165) is 18.4 Å². The molecule has 1 fully saturated rings. The third kappa shape index (κ3) is 3.70. The average Bonchev–Trinajstić information content (AvgIpc) is 3.44. The summed E-state index contributed by atoms with van der Waals surface area (Å²) < 4.78 is 22.5. The van der Waals surface area contributed by atoms with Crippen molar-refractivity contribution in [2.24, 2.45) is 7.05 Å². The Morgan fingerprint density at radius 3 is 2.88 bits per heavy atom. The lowest BCUT2D eigenvalue weighted by Gasteiger charge is -2.31. The molecule has 1 aliphatic heterocycles. The Labute approximate surface area is 184 Å². The minimum Gasteiger partial charge on any atom is -0.496 e. The van der Waals surface area contributed by atoms with Crippen molar-refractivity contribution in [1.82, 2.24) is 29.3 Å². The fraction of sp³-hybridized carbons (Fsp3) is 0.304. The van der Waals surface area contributed by atoms with E-state index in [-0.39, 0.29) is 17.6 Å². The van der Waals surface area contributed by atoms with E-state index >= 15 is 0 Å². The summed E-state index contributed by atoms with van der Waals surface area (Å²) >= 11 is 0. The van der Waals surface area contributed by atoms with Crippen molar-refractivity contribution in [1.29, 1.82) is 0 Å². The van der Waals surface area contributed by atoms with Gasteiger partial charge in [-0.15, -0.1) is 0 Å². The van der Waals surface area contributed by atoms with Gasteiger partial charge in [0.1, 0.15) is 11.6 Å². The van der Waals surface area contributed by atoms with Gasteiger partial charge in [-0.3, -0.25) is 9.48 Å². The number of benzene rings is 1. The normalized spacial score (nSPS) is 16.5. The number of carbonyl (C=O) groups excluding carboxylic acids is 1. The van der Waals surface area contributed by atoms with Gasteiger partial charge in [0.25, 0.3) is 5.91 Å². The summed E-state index contributed by atoms with van der Waals surface area (Å²) in [5, 5.41) is 8.79. The summed E-state index contributed by atoms with van der Waals surface area (Å²) in [6.07, 6.45) is 6.95. The van der Waals surface area contributed by atoms with E-state index in [1.54, 1.807) is 41.8 Å². The number of rotatable bonds is 4. The number of piperidine rings is 1. The van der Waals surface area contributed by atoms with E-state index < -0.39 is 0 Å². The predicted molar refractivity (Wildman–Crippen MR) is 116 cm³/mol. The molecular formula is C23H23FN6O2. The lowest BCUT2D eigenvalue weighted by Crippen LogP contribution is -2.39. The van der Waals surface area contributed by atoms with E-state index in [1.165, 1.54) is 12.1 Å². The summed E-state index contributed by atoms with van der Waals surface area (Å²) in [7, 11) is 3.36. The Balaban J connectivity index is 1.41. The van der Waals surface area contributed by atoms with Crippen LogP contribution in [-0.4, -0.2) is 55.4 Å². The number of aryl methyl sites for hydroxylation is 1. The second-order valence-electron chi connectivity index (χ2n) is 8.03. The number of pyridine rings is 1. The molecule has 0 N–H and O–H groups in total. The van der Waals surface area contributed by atoms with Gasteiger partial charge in [-0.05, 0) is 43.2 Å². The molecule has 1 aliphatic rings. The van der Waals surface area contributed by atoms with Gasteiger partial charge in [0.05, 0.1) is 18.9 Å². The molecule has 32 heavy (non-hydrogen) atoms. The SMILES string of the molecule is COc1ccc(F)cc1-c1ccc2nc([C@H]3CCCN(C(=O)c4cnn(C)c4)C3)nn2c1. The van der Waals surface area contributed by atoms with Crippen LogP contribution in [0.5, 0.6) is 5.75 Å². The van der Waals surface area contributed by atoms with Crippen LogP contribution in [0.15, 0.2) is 48.9 Å². The van der Waals surface area contributed by atoms with Gasteiger partial charge in [-0.25, -0.2) is 13.9 Å². The molecule has 1 atom stereocenters. The molecule has 1 saturated heterocycles.